The summed E-state index contributed by atoms with van der Waals surface area (Å²) in [7, 11) is 0. The van der Waals surface area contributed by atoms with Crippen LogP contribution in [0.5, 0.6) is 0 Å². The number of rotatable bonds is 6. The summed E-state index contributed by atoms with van der Waals surface area (Å²) < 4.78 is 13.5. The van der Waals surface area contributed by atoms with Crippen molar-refractivity contribution in [3.05, 3.63) is 93.7 Å². The molecular formula is C25H21Cl2FN2O2S. The lowest BCUT2D eigenvalue weighted by molar-refractivity contribution is -0.128. The minimum absolute atomic E-state index is 0.181. The molecule has 4 nitrogen and oxygen atoms in total. The average Bonchev–Trinajstić information content (AvgIpc) is 2.81. The maximum Gasteiger partial charge on any atom is 0.241 e. The van der Waals surface area contributed by atoms with Crippen molar-refractivity contribution >= 4 is 52.5 Å². The molecule has 0 unspecified atom stereocenters. The summed E-state index contributed by atoms with van der Waals surface area (Å²) in [6.45, 7) is 2.20. The second-order valence-corrected chi connectivity index (χ2v) is 9.76. The van der Waals surface area contributed by atoms with E-state index < -0.39 is 17.0 Å². The van der Waals surface area contributed by atoms with E-state index in [0.29, 0.717) is 10.6 Å². The lowest BCUT2D eigenvalue weighted by Gasteiger charge is -2.36. The number of carbonyl (C=O) groups is 2. The van der Waals surface area contributed by atoms with Crippen molar-refractivity contribution in [1.29, 1.82) is 0 Å². The molecule has 2 atom stereocenters. The highest BCUT2D eigenvalue weighted by atomic mass is 35.5. The molecule has 4 rings (SSSR count). The standard InChI is InChI=1S/C25H21Cl2FN2O2S/c1-15(24(31)29-13-16-6-2-3-7-19(16)26)23-25(32)30(21-8-4-5-9-22(21)33-23)14-17-10-11-18(28)12-20(17)27/h2-12,15,23H,13-14H2,1H3,(H,29,31)/t15-,23-/m1/s1. The van der Waals surface area contributed by atoms with E-state index in [-0.39, 0.29) is 29.9 Å². The molecule has 8 heteroatoms. The molecule has 0 saturated carbocycles. The van der Waals surface area contributed by atoms with Gasteiger partial charge in [0, 0.05) is 21.5 Å². The first kappa shape index (κ1) is 23.6. The Hall–Kier alpha value is -2.54. The van der Waals surface area contributed by atoms with Gasteiger partial charge in [-0.15, -0.1) is 11.8 Å². The molecule has 170 valence electrons. The molecule has 0 saturated heterocycles. The molecule has 0 fully saturated rings. The average molecular weight is 503 g/mol. The second kappa shape index (κ2) is 10.2. The van der Waals surface area contributed by atoms with Crippen LogP contribution in [0.4, 0.5) is 10.1 Å². The predicted octanol–water partition coefficient (Wildman–Crippen LogP) is 6.09. The topological polar surface area (TPSA) is 49.4 Å². The number of nitrogens with zero attached hydrogens (tertiary/aromatic N) is 1. The molecule has 1 aliphatic heterocycles. The lowest BCUT2D eigenvalue weighted by atomic mass is 10.0. The highest BCUT2D eigenvalue weighted by Crippen LogP contribution is 2.42. The van der Waals surface area contributed by atoms with E-state index in [0.717, 1.165) is 16.1 Å². The molecule has 33 heavy (non-hydrogen) atoms. The van der Waals surface area contributed by atoms with Crippen LogP contribution in [0.1, 0.15) is 18.1 Å². The number of benzene rings is 3. The lowest BCUT2D eigenvalue weighted by Crippen LogP contribution is -2.47. The number of para-hydroxylation sites is 1. The van der Waals surface area contributed by atoms with Gasteiger partial charge in [-0.3, -0.25) is 9.59 Å². The molecule has 2 amide bonds. The molecule has 3 aromatic rings. The Morgan fingerprint density at radius 1 is 1.06 bits per heavy atom. The molecule has 3 aromatic carbocycles. The number of hydrogen-bond acceptors (Lipinski definition) is 3. The Morgan fingerprint density at radius 3 is 2.55 bits per heavy atom. The van der Waals surface area contributed by atoms with Gasteiger partial charge < -0.3 is 10.2 Å². The molecule has 1 aliphatic rings. The normalized spacial score (nSPS) is 16.3. The quantitative estimate of drug-likeness (QED) is 0.443. The number of halogens is 3. The highest BCUT2D eigenvalue weighted by Gasteiger charge is 2.39. The van der Waals surface area contributed by atoms with E-state index >= 15 is 0 Å². The van der Waals surface area contributed by atoms with Crippen LogP contribution in [0, 0.1) is 11.7 Å². The Kier molecular flexibility index (Phi) is 7.27. The van der Waals surface area contributed by atoms with Crippen molar-refractivity contribution < 1.29 is 14.0 Å². The van der Waals surface area contributed by atoms with Crippen LogP contribution < -0.4 is 10.2 Å². The minimum atomic E-state index is -0.620. The zero-order valence-corrected chi connectivity index (χ0v) is 20.1. The van der Waals surface area contributed by atoms with E-state index in [1.807, 2.05) is 42.5 Å². The molecule has 0 bridgehead atoms. The second-order valence-electron chi connectivity index (χ2n) is 7.76. The predicted molar refractivity (Wildman–Crippen MR) is 131 cm³/mol. The first-order valence-electron chi connectivity index (χ1n) is 10.4. The largest absolute Gasteiger partial charge is 0.352 e. The van der Waals surface area contributed by atoms with Crippen molar-refractivity contribution in [2.45, 2.75) is 30.2 Å². The van der Waals surface area contributed by atoms with E-state index in [2.05, 4.69) is 5.32 Å². The van der Waals surface area contributed by atoms with Crippen molar-refractivity contribution in [3.63, 3.8) is 0 Å². The maximum atomic E-state index is 13.5. The number of anilines is 1. The summed E-state index contributed by atoms with van der Waals surface area (Å²) in [4.78, 5) is 29.0. The fourth-order valence-corrected chi connectivity index (χ4v) is 5.38. The van der Waals surface area contributed by atoms with Gasteiger partial charge in [0.25, 0.3) is 0 Å². The smallest absolute Gasteiger partial charge is 0.241 e. The summed E-state index contributed by atoms with van der Waals surface area (Å²) in [6.07, 6.45) is 0. The van der Waals surface area contributed by atoms with Crippen LogP contribution in [0.15, 0.2) is 71.6 Å². The van der Waals surface area contributed by atoms with Crippen molar-refractivity contribution in [2.75, 3.05) is 4.90 Å². The number of hydrogen-bond donors (Lipinski definition) is 1. The van der Waals surface area contributed by atoms with Gasteiger partial charge >= 0.3 is 0 Å². The third kappa shape index (κ3) is 5.18. The molecule has 0 spiro atoms. The minimum Gasteiger partial charge on any atom is -0.352 e. The molecule has 0 aliphatic carbocycles. The van der Waals surface area contributed by atoms with E-state index in [4.69, 9.17) is 23.2 Å². The number of fused-ring (bicyclic) bond motifs is 1. The third-order valence-corrected chi connectivity index (χ3v) is 7.73. The van der Waals surface area contributed by atoms with Crippen LogP contribution in [-0.4, -0.2) is 17.1 Å². The summed E-state index contributed by atoms with van der Waals surface area (Å²) in [5.74, 6) is -1.46. The fraction of sp³-hybridized carbons (Fsp3) is 0.200. The van der Waals surface area contributed by atoms with Gasteiger partial charge in [-0.05, 0) is 41.5 Å². The number of nitrogens with one attached hydrogen (secondary N) is 1. The maximum absolute atomic E-state index is 13.5. The molecule has 0 radical (unpaired) electrons. The number of carbonyl (C=O) groups excluding carboxylic acids is 2. The summed E-state index contributed by atoms with van der Waals surface area (Å²) in [5, 5.41) is 3.10. The van der Waals surface area contributed by atoms with Crippen LogP contribution in [0.3, 0.4) is 0 Å². The van der Waals surface area contributed by atoms with E-state index in [9.17, 15) is 14.0 Å². The SMILES string of the molecule is C[C@@H](C(=O)NCc1ccccc1Cl)[C@H]1Sc2ccccc2N(Cc2ccc(F)cc2Cl)C1=O. The van der Waals surface area contributed by atoms with Gasteiger partial charge in [-0.1, -0.05) is 66.5 Å². The first-order valence-corrected chi connectivity index (χ1v) is 12.0. The molecule has 1 N–H and O–H groups in total. The summed E-state index contributed by atoms with van der Waals surface area (Å²) in [6, 6.07) is 18.9. The zero-order valence-electron chi connectivity index (χ0n) is 17.7. The monoisotopic (exact) mass is 502 g/mol. The first-order chi connectivity index (χ1) is 15.8. The summed E-state index contributed by atoms with van der Waals surface area (Å²) >= 11 is 13.8. The summed E-state index contributed by atoms with van der Waals surface area (Å²) in [5.41, 5.74) is 2.18. The van der Waals surface area contributed by atoms with E-state index in [1.54, 1.807) is 24.0 Å². The van der Waals surface area contributed by atoms with Crippen LogP contribution in [0.25, 0.3) is 0 Å². The van der Waals surface area contributed by atoms with Gasteiger partial charge in [-0.25, -0.2) is 4.39 Å². The number of amides is 2. The van der Waals surface area contributed by atoms with Gasteiger partial charge in [0.2, 0.25) is 11.8 Å². The Bertz CT molecular complexity index is 1210. The van der Waals surface area contributed by atoms with Gasteiger partial charge in [0.1, 0.15) is 11.1 Å². The molecule has 0 aromatic heterocycles. The van der Waals surface area contributed by atoms with Crippen LogP contribution in [-0.2, 0) is 22.7 Å². The van der Waals surface area contributed by atoms with Gasteiger partial charge in [0.05, 0.1) is 18.2 Å². The van der Waals surface area contributed by atoms with Crippen LogP contribution >= 0.6 is 35.0 Å². The third-order valence-electron chi connectivity index (χ3n) is 5.54. The molecular weight excluding hydrogens is 482 g/mol. The molecule has 1 heterocycles. The van der Waals surface area contributed by atoms with Crippen molar-refractivity contribution in [1.82, 2.24) is 5.32 Å². The number of thioether (sulfide) groups is 1. The Balaban J connectivity index is 1.55. The van der Waals surface area contributed by atoms with E-state index in [1.165, 1.54) is 23.9 Å². The highest BCUT2D eigenvalue weighted by molar-refractivity contribution is 8.01. The fourth-order valence-electron chi connectivity index (χ4n) is 3.66. The van der Waals surface area contributed by atoms with Crippen molar-refractivity contribution in [2.24, 2.45) is 5.92 Å². The Morgan fingerprint density at radius 2 is 1.79 bits per heavy atom. The van der Waals surface area contributed by atoms with Crippen LogP contribution in [0.2, 0.25) is 10.0 Å². The van der Waals surface area contributed by atoms with Gasteiger partial charge in [-0.2, -0.15) is 0 Å². The van der Waals surface area contributed by atoms with Crippen molar-refractivity contribution in [3.8, 4) is 0 Å². The van der Waals surface area contributed by atoms with Gasteiger partial charge in [0.15, 0.2) is 0 Å². The zero-order chi connectivity index (χ0) is 23.5. The Labute approximate surface area is 206 Å².